The molecule has 2 rings (SSSR count). The maximum atomic E-state index is 12.0. The lowest BCUT2D eigenvalue weighted by Gasteiger charge is -2.31. The molecule has 1 fully saturated rings. The van der Waals surface area contributed by atoms with E-state index in [9.17, 15) is 4.79 Å². The van der Waals surface area contributed by atoms with Crippen LogP contribution in [0.2, 0.25) is 0 Å². The molecule has 1 saturated carbocycles. The summed E-state index contributed by atoms with van der Waals surface area (Å²) in [7, 11) is 5.11. The smallest absolute Gasteiger partial charge is 0.243 e. The summed E-state index contributed by atoms with van der Waals surface area (Å²) < 4.78 is 11.4. The highest BCUT2D eigenvalue weighted by molar-refractivity contribution is 14.0. The number of aliphatic imine (C=N–C) groups is 1. The van der Waals surface area contributed by atoms with Crippen LogP contribution < -0.4 is 20.1 Å². The Labute approximate surface area is 198 Å². The standard InChI is InChI=1S/C22H36N4O3.HI/c1-16-10-6-7-11-18(16)25-22(24-15-21(27)26(3)4)23-14-17(2)29-20-13-9-8-12-19(20)28-5;/h8-9,12-13,16-18H,6-7,10-11,14-15H2,1-5H3,(H2,23,24,25);1H. The third-order valence-electron chi connectivity index (χ3n) is 5.26. The molecule has 8 heteroatoms. The molecule has 0 aromatic heterocycles. The van der Waals surface area contributed by atoms with Crippen molar-refractivity contribution in [1.29, 1.82) is 0 Å². The molecule has 1 aliphatic carbocycles. The van der Waals surface area contributed by atoms with Crippen molar-refractivity contribution in [2.75, 3.05) is 34.3 Å². The minimum absolute atomic E-state index is 0. The first-order valence-electron chi connectivity index (χ1n) is 10.5. The lowest BCUT2D eigenvalue weighted by Crippen LogP contribution is -2.49. The van der Waals surface area contributed by atoms with Gasteiger partial charge in [-0.25, -0.2) is 4.99 Å². The van der Waals surface area contributed by atoms with E-state index in [0.29, 0.717) is 36.0 Å². The molecule has 1 aliphatic rings. The minimum Gasteiger partial charge on any atom is -0.493 e. The number of halogens is 1. The molecule has 1 amide bonds. The normalized spacial score (nSPS) is 19.8. The highest BCUT2D eigenvalue weighted by atomic mass is 127. The quantitative estimate of drug-likeness (QED) is 0.306. The third kappa shape index (κ3) is 8.57. The minimum atomic E-state index is -0.105. The van der Waals surface area contributed by atoms with E-state index in [0.717, 1.165) is 6.42 Å². The number of nitrogens with zero attached hydrogens (tertiary/aromatic N) is 2. The molecular weight excluding hydrogens is 495 g/mol. The van der Waals surface area contributed by atoms with E-state index in [4.69, 9.17) is 9.47 Å². The summed E-state index contributed by atoms with van der Waals surface area (Å²) in [6.45, 7) is 4.93. The topological polar surface area (TPSA) is 75.2 Å². The Bertz CT molecular complexity index is 684. The van der Waals surface area contributed by atoms with Gasteiger partial charge < -0.3 is 25.0 Å². The van der Waals surface area contributed by atoms with E-state index < -0.39 is 0 Å². The monoisotopic (exact) mass is 532 g/mol. The van der Waals surface area contributed by atoms with Crippen molar-refractivity contribution in [2.24, 2.45) is 10.9 Å². The number of para-hydroxylation sites is 2. The summed E-state index contributed by atoms with van der Waals surface area (Å²) in [5.74, 6) is 2.64. The van der Waals surface area contributed by atoms with Gasteiger partial charge in [0.25, 0.3) is 0 Å². The van der Waals surface area contributed by atoms with Crippen molar-refractivity contribution in [2.45, 2.75) is 51.7 Å². The Morgan fingerprint density at radius 1 is 1.23 bits per heavy atom. The number of guanidine groups is 1. The van der Waals surface area contributed by atoms with Crippen LogP contribution in [-0.4, -0.2) is 63.2 Å². The zero-order valence-electron chi connectivity index (χ0n) is 18.8. The molecule has 0 heterocycles. The Hall–Kier alpha value is -1.71. The van der Waals surface area contributed by atoms with Crippen molar-refractivity contribution in [3.8, 4) is 11.5 Å². The SMILES string of the molecule is COc1ccccc1OC(C)CNC(=NCC(=O)N(C)C)NC1CCCCC1C.I. The molecule has 0 saturated heterocycles. The van der Waals surface area contributed by atoms with E-state index in [1.165, 1.54) is 19.3 Å². The van der Waals surface area contributed by atoms with E-state index in [2.05, 4.69) is 22.5 Å². The maximum absolute atomic E-state index is 12.0. The fourth-order valence-corrected chi connectivity index (χ4v) is 3.36. The molecule has 3 unspecified atom stereocenters. The molecule has 7 nitrogen and oxygen atoms in total. The summed E-state index contributed by atoms with van der Waals surface area (Å²) >= 11 is 0. The van der Waals surface area contributed by atoms with Crippen molar-refractivity contribution in [3.63, 3.8) is 0 Å². The second-order valence-corrected chi connectivity index (χ2v) is 7.93. The lowest BCUT2D eigenvalue weighted by molar-refractivity contribution is -0.127. The van der Waals surface area contributed by atoms with Gasteiger partial charge >= 0.3 is 0 Å². The Balaban J connectivity index is 0.00000450. The number of rotatable bonds is 8. The van der Waals surface area contributed by atoms with Gasteiger partial charge in [0.15, 0.2) is 17.5 Å². The zero-order chi connectivity index (χ0) is 21.2. The Morgan fingerprint density at radius 2 is 1.90 bits per heavy atom. The van der Waals surface area contributed by atoms with Gasteiger partial charge in [0.05, 0.1) is 13.7 Å². The fraction of sp³-hybridized carbons (Fsp3) is 0.636. The molecule has 1 aromatic rings. The first kappa shape index (κ1) is 26.3. The number of carbonyl (C=O) groups excluding carboxylic acids is 1. The molecule has 0 aliphatic heterocycles. The molecule has 0 bridgehead atoms. The Morgan fingerprint density at radius 3 is 2.53 bits per heavy atom. The van der Waals surface area contributed by atoms with Crippen LogP contribution in [0, 0.1) is 5.92 Å². The first-order valence-corrected chi connectivity index (χ1v) is 10.5. The van der Waals surface area contributed by atoms with E-state index in [-0.39, 0.29) is 42.5 Å². The average Bonchev–Trinajstić information content (AvgIpc) is 2.71. The largest absolute Gasteiger partial charge is 0.493 e. The van der Waals surface area contributed by atoms with Crippen molar-refractivity contribution >= 4 is 35.8 Å². The number of likely N-dealkylation sites (N-methyl/N-ethyl adjacent to an activating group) is 1. The lowest BCUT2D eigenvalue weighted by atomic mass is 9.86. The molecule has 0 spiro atoms. The van der Waals surface area contributed by atoms with Crippen LogP contribution in [0.5, 0.6) is 11.5 Å². The second-order valence-electron chi connectivity index (χ2n) is 7.93. The number of carbonyl (C=O) groups is 1. The van der Waals surface area contributed by atoms with Crippen LogP contribution in [0.25, 0.3) is 0 Å². The van der Waals surface area contributed by atoms with Crippen LogP contribution in [0.4, 0.5) is 0 Å². The molecule has 1 aromatic carbocycles. The number of methoxy groups -OCH3 is 1. The second kappa shape index (κ2) is 13.6. The molecule has 170 valence electrons. The highest BCUT2D eigenvalue weighted by Crippen LogP contribution is 2.26. The number of hydrogen-bond donors (Lipinski definition) is 2. The first-order chi connectivity index (χ1) is 13.9. The van der Waals surface area contributed by atoms with Crippen LogP contribution >= 0.6 is 24.0 Å². The van der Waals surface area contributed by atoms with Gasteiger partial charge in [0.1, 0.15) is 12.6 Å². The summed E-state index contributed by atoms with van der Waals surface area (Å²) in [6, 6.07) is 7.97. The summed E-state index contributed by atoms with van der Waals surface area (Å²) in [5, 5.41) is 6.87. The van der Waals surface area contributed by atoms with Gasteiger partial charge in [0.2, 0.25) is 5.91 Å². The van der Waals surface area contributed by atoms with Gasteiger partial charge in [-0.05, 0) is 37.8 Å². The van der Waals surface area contributed by atoms with Gasteiger partial charge in [-0.15, -0.1) is 24.0 Å². The number of amides is 1. The molecule has 2 N–H and O–H groups in total. The predicted octanol–water partition coefficient (Wildman–Crippen LogP) is 3.28. The van der Waals surface area contributed by atoms with Crippen molar-refractivity contribution < 1.29 is 14.3 Å². The van der Waals surface area contributed by atoms with Crippen molar-refractivity contribution in [3.05, 3.63) is 24.3 Å². The van der Waals surface area contributed by atoms with Gasteiger partial charge in [0, 0.05) is 20.1 Å². The number of benzene rings is 1. The number of ether oxygens (including phenoxy) is 2. The zero-order valence-corrected chi connectivity index (χ0v) is 21.1. The van der Waals surface area contributed by atoms with Crippen LogP contribution in [0.3, 0.4) is 0 Å². The Kier molecular flexibility index (Phi) is 11.9. The molecule has 3 atom stereocenters. The summed E-state index contributed by atoms with van der Waals surface area (Å²) in [4.78, 5) is 18.0. The molecule has 30 heavy (non-hydrogen) atoms. The highest BCUT2D eigenvalue weighted by Gasteiger charge is 2.22. The van der Waals surface area contributed by atoms with E-state index in [1.54, 1.807) is 26.1 Å². The number of hydrogen-bond acceptors (Lipinski definition) is 4. The van der Waals surface area contributed by atoms with Crippen LogP contribution in [0.15, 0.2) is 29.3 Å². The van der Waals surface area contributed by atoms with Gasteiger partial charge in [-0.2, -0.15) is 0 Å². The van der Waals surface area contributed by atoms with Gasteiger partial charge in [-0.3, -0.25) is 4.79 Å². The van der Waals surface area contributed by atoms with Crippen molar-refractivity contribution in [1.82, 2.24) is 15.5 Å². The van der Waals surface area contributed by atoms with E-state index in [1.807, 2.05) is 31.2 Å². The summed E-state index contributed by atoms with van der Waals surface area (Å²) in [5.41, 5.74) is 0. The molecular formula is C22H37IN4O3. The fourth-order valence-electron chi connectivity index (χ4n) is 3.36. The van der Waals surface area contributed by atoms with E-state index >= 15 is 0 Å². The van der Waals surface area contributed by atoms with Crippen LogP contribution in [-0.2, 0) is 4.79 Å². The number of nitrogens with one attached hydrogen (secondary N) is 2. The average molecular weight is 532 g/mol. The summed E-state index contributed by atoms with van der Waals surface area (Å²) in [6.07, 6.45) is 4.74. The molecule has 0 radical (unpaired) electrons. The van der Waals surface area contributed by atoms with Gasteiger partial charge in [-0.1, -0.05) is 31.9 Å². The van der Waals surface area contributed by atoms with Crippen LogP contribution in [0.1, 0.15) is 39.5 Å². The predicted molar refractivity (Wildman–Crippen MR) is 132 cm³/mol. The maximum Gasteiger partial charge on any atom is 0.243 e. The third-order valence-corrected chi connectivity index (χ3v) is 5.26.